The van der Waals surface area contributed by atoms with Crippen LogP contribution in [0.2, 0.25) is 0 Å². The second-order valence-electron chi connectivity index (χ2n) is 12.6. The predicted molar refractivity (Wildman–Crippen MR) is 176 cm³/mol. The highest BCUT2D eigenvalue weighted by atomic mass is 31.2. The SMILES string of the molecule is C[C@H](NP(=O)(Oc1ccccc1)OC1O[C@H](COC(=O)OCc2ccccc2)[C@@H](OC(=O)OCc2ccccc2)C1(F)F)C(=O)OCC(C)(C)C. The summed E-state index contributed by atoms with van der Waals surface area (Å²) >= 11 is 0. The van der Waals surface area contributed by atoms with Crippen LogP contribution in [-0.2, 0) is 55.5 Å². The van der Waals surface area contributed by atoms with Crippen LogP contribution < -0.4 is 9.61 Å². The Morgan fingerprint density at radius 3 is 1.90 bits per heavy atom. The summed E-state index contributed by atoms with van der Waals surface area (Å²) in [5.41, 5.74) is 0.775. The van der Waals surface area contributed by atoms with E-state index in [1.165, 1.54) is 31.2 Å². The lowest BCUT2D eigenvalue weighted by atomic mass is 9.99. The summed E-state index contributed by atoms with van der Waals surface area (Å²) in [7, 11) is -4.93. The van der Waals surface area contributed by atoms with Gasteiger partial charge in [0.1, 0.15) is 37.7 Å². The number of benzene rings is 3. The minimum Gasteiger partial charge on any atom is -0.464 e. The molecule has 1 heterocycles. The number of alkyl halides is 2. The topological polar surface area (TPSA) is 154 Å². The summed E-state index contributed by atoms with van der Waals surface area (Å²) in [5, 5.41) is 2.32. The molecule has 16 heteroatoms. The third kappa shape index (κ3) is 12.3. The van der Waals surface area contributed by atoms with Gasteiger partial charge in [0.05, 0.1) is 6.61 Å². The van der Waals surface area contributed by atoms with Crippen molar-refractivity contribution in [2.75, 3.05) is 13.2 Å². The zero-order valence-corrected chi connectivity index (χ0v) is 29.3. The van der Waals surface area contributed by atoms with Crippen LogP contribution in [-0.4, -0.2) is 62.0 Å². The molecule has 5 atom stereocenters. The lowest BCUT2D eigenvalue weighted by Gasteiger charge is -2.28. The van der Waals surface area contributed by atoms with Crippen molar-refractivity contribution in [3.05, 3.63) is 102 Å². The number of rotatable bonds is 15. The van der Waals surface area contributed by atoms with Gasteiger partial charge in [-0.2, -0.15) is 13.9 Å². The number of hydrogen-bond donors (Lipinski definition) is 1. The summed E-state index contributed by atoms with van der Waals surface area (Å²) in [6, 6.07) is 23.0. The van der Waals surface area contributed by atoms with Gasteiger partial charge in [-0.1, -0.05) is 99.6 Å². The van der Waals surface area contributed by atoms with Gasteiger partial charge in [0.15, 0.2) is 0 Å². The molecule has 1 saturated heterocycles. The van der Waals surface area contributed by atoms with Crippen molar-refractivity contribution in [2.45, 2.75) is 71.4 Å². The van der Waals surface area contributed by atoms with E-state index in [-0.39, 0.29) is 25.6 Å². The third-order valence-corrected chi connectivity index (χ3v) is 8.50. The highest BCUT2D eigenvalue weighted by Crippen LogP contribution is 2.51. The second-order valence-corrected chi connectivity index (χ2v) is 14.3. The fraction of sp³-hybridized carbons (Fsp3) is 0.400. The van der Waals surface area contributed by atoms with Crippen molar-refractivity contribution in [1.29, 1.82) is 0 Å². The Balaban J connectivity index is 1.52. The number of nitrogens with one attached hydrogen (secondary N) is 1. The zero-order valence-electron chi connectivity index (χ0n) is 28.4. The Labute approximate surface area is 294 Å². The van der Waals surface area contributed by atoms with Gasteiger partial charge in [-0.15, -0.1) is 0 Å². The van der Waals surface area contributed by atoms with E-state index < -0.39 is 68.5 Å². The van der Waals surface area contributed by atoms with Crippen LogP contribution in [0.3, 0.4) is 0 Å². The van der Waals surface area contributed by atoms with E-state index >= 15 is 8.78 Å². The first-order valence-electron chi connectivity index (χ1n) is 15.9. The smallest absolute Gasteiger partial charge is 0.464 e. The molecule has 0 amide bonds. The Hall–Kier alpha value is -4.56. The van der Waals surface area contributed by atoms with Gasteiger partial charge >= 0.3 is 31.9 Å². The van der Waals surface area contributed by atoms with E-state index in [0.717, 1.165) is 0 Å². The van der Waals surface area contributed by atoms with Crippen molar-refractivity contribution in [1.82, 2.24) is 5.09 Å². The first-order valence-corrected chi connectivity index (χ1v) is 17.4. The van der Waals surface area contributed by atoms with Crippen molar-refractivity contribution >= 4 is 26.0 Å². The normalized spacial score (nSPS) is 19.9. The van der Waals surface area contributed by atoms with Crippen molar-refractivity contribution < 1.29 is 65.2 Å². The molecule has 0 spiro atoms. The molecule has 0 aliphatic carbocycles. The average Bonchev–Trinajstić information content (AvgIpc) is 3.32. The summed E-state index contributed by atoms with van der Waals surface area (Å²) in [5.74, 6) is -5.18. The van der Waals surface area contributed by atoms with Gasteiger partial charge in [0, 0.05) is 0 Å². The molecule has 4 rings (SSSR count). The molecule has 0 saturated carbocycles. The summed E-state index contributed by atoms with van der Waals surface area (Å²) in [4.78, 5) is 37.7. The number of halogens is 2. The van der Waals surface area contributed by atoms with E-state index in [9.17, 15) is 18.9 Å². The molecule has 3 aromatic rings. The lowest BCUT2D eigenvalue weighted by molar-refractivity contribution is -0.190. The predicted octanol–water partition coefficient (Wildman–Crippen LogP) is 7.19. The molecule has 0 aromatic heterocycles. The van der Waals surface area contributed by atoms with Gasteiger partial charge in [-0.05, 0) is 35.6 Å². The molecule has 3 aromatic carbocycles. The summed E-state index contributed by atoms with van der Waals surface area (Å²) < 4.78 is 87.9. The molecule has 1 N–H and O–H groups in total. The number of carbonyl (C=O) groups excluding carboxylic acids is 3. The monoisotopic (exact) mass is 735 g/mol. The number of ether oxygens (including phenoxy) is 6. The van der Waals surface area contributed by atoms with Gasteiger partial charge < -0.3 is 32.9 Å². The molecule has 1 aliphatic heterocycles. The molecule has 13 nitrogen and oxygen atoms in total. The Kier molecular flexibility index (Phi) is 13.5. The molecule has 276 valence electrons. The Bertz CT molecular complexity index is 1630. The van der Waals surface area contributed by atoms with Crippen LogP contribution in [0.25, 0.3) is 0 Å². The first kappa shape index (κ1) is 39.2. The first-order chi connectivity index (χ1) is 24.1. The molecule has 2 unspecified atom stereocenters. The molecular formula is C35H40F2NO12P. The molecule has 0 bridgehead atoms. The summed E-state index contributed by atoms with van der Waals surface area (Å²) in [6.07, 6.45) is -9.81. The highest BCUT2D eigenvalue weighted by Gasteiger charge is 2.65. The molecular weight excluding hydrogens is 695 g/mol. The highest BCUT2D eigenvalue weighted by molar-refractivity contribution is 7.52. The zero-order chi connectivity index (χ0) is 37.1. The van der Waals surface area contributed by atoms with Crippen LogP contribution in [0.4, 0.5) is 18.4 Å². The third-order valence-electron chi connectivity index (χ3n) is 6.87. The van der Waals surface area contributed by atoms with Crippen LogP contribution in [0.5, 0.6) is 5.75 Å². The Morgan fingerprint density at radius 1 is 0.824 bits per heavy atom. The minimum atomic E-state index is -4.93. The molecule has 1 fully saturated rings. The van der Waals surface area contributed by atoms with E-state index in [4.69, 9.17) is 37.5 Å². The maximum absolute atomic E-state index is 16.1. The Morgan fingerprint density at radius 2 is 1.35 bits per heavy atom. The molecule has 1 aliphatic rings. The average molecular weight is 736 g/mol. The van der Waals surface area contributed by atoms with E-state index in [1.807, 2.05) is 20.8 Å². The fourth-order valence-corrected chi connectivity index (χ4v) is 5.95. The number of carbonyl (C=O) groups is 3. The number of para-hydroxylation sites is 1. The minimum absolute atomic E-state index is 0.00121. The second kappa shape index (κ2) is 17.6. The van der Waals surface area contributed by atoms with Crippen LogP contribution >= 0.6 is 7.75 Å². The van der Waals surface area contributed by atoms with Gasteiger partial charge in [-0.3, -0.25) is 9.32 Å². The van der Waals surface area contributed by atoms with Crippen molar-refractivity contribution in [3.63, 3.8) is 0 Å². The largest absolute Gasteiger partial charge is 0.509 e. The van der Waals surface area contributed by atoms with E-state index in [0.29, 0.717) is 11.1 Å². The van der Waals surface area contributed by atoms with Crippen molar-refractivity contribution in [2.24, 2.45) is 5.41 Å². The van der Waals surface area contributed by atoms with E-state index in [1.54, 1.807) is 66.7 Å². The molecule has 51 heavy (non-hydrogen) atoms. The van der Waals surface area contributed by atoms with Gasteiger partial charge in [0.25, 0.3) is 0 Å². The standard InChI is InChI=1S/C35H40F2NO12P/c1-24(30(39)46-23-34(2,3)4)38-51(42,49-27-18-12-7-13-19-27)50-31-35(36,37)29(48-33(41)44-21-26-16-10-6-11-17-26)28(47-31)22-45-32(40)43-20-25-14-8-5-9-15-25/h5-19,24,28-29,31H,20-23H2,1-4H3,(H,38,42)/t24-,28+,29+,31?,51?/m0/s1. The van der Waals surface area contributed by atoms with Crippen LogP contribution in [0, 0.1) is 5.41 Å². The lowest BCUT2D eigenvalue weighted by Crippen LogP contribution is -2.45. The van der Waals surface area contributed by atoms with E-state index in [2.05, 4.69) is 5.09 Å². The molecule has 0 radical (unpaired) electrons. The maximum Gasteiger partial charge on any atom is 0.509 e. The van der Waals surface area contributed by atoms with Gasteiger partial charge in [-0.25, -0.2) is 14.2 Å². The van der Waals surface area contributed by atoms with Crippen molar-refractivity contribution in [3.8, 4) is 5.75 Å². The number of hydrogen-bond acceptors (Lipinski definition) is 12. The summed E-state index contributed by atoms with van der Waals surface area (Å²) in [6.45, 7) is 5.35. The number of esters is 1. The fourth-order valence-electron chi connectivity index (χ4n) is 4.37. The maximum atomic E-state index is 16.1. The van der Waals surface area contributed by atoms with Gasteiger partial charge in [0.2, 0.25) is 12.4 Å². The quantitative estimate of drug-likeness (QED) is 0.0952. The van der Waals surface area contributed by atoms with Crippen LogP contribution in [0.15, 0.2) is 91.0 Å². The van der Waals surface area contributed by atoms with Crippen LogP contribution in [0.1, 0.15) is 38.8 Å².